The molecule has 2 atom stereocenters. The van der Waals surface area contributed by atoms with E-state index in [9.17, 15) is 0 Å². The van der Waals surface area contributed by atoms with Gasteiger partial charge in [0, 0.05) is 45.8 Å². The highest BCUT2D eigenvalue weighted by Crippen LogP contribution is 2.38. The Balaban J connectivity index is 1.59. The van der Waals surface area contributed by atoms with Crippen LogP contribution in [-0.2, 0) is 6.54 Å². The maximum Gasteiger partial charge on any atom is 0.203 e. The number of nitrogens with one attached hydrogen (secondary N) is 1. The average Bonchev–Trinajstić information content (AvgIpc) is 3.40. The third-order valence-electron chi connectivity index (χ3n) is 5.44. The van der Waals surface area contributed by atoms with Crippen LogP contribution in [0, 0.1) is 5.92 Å². The molecule has 2 unspecified atom stereocenters. The number of piperazine rings is 1. The van der Waals surface area contributed by atoms with Gasteiger partial charge in [0.1, 0.15) is 0 Å². The third-order valence-corrected chi connectivity index (χ3v) is 5.44. The molecule has 27 heavy (non-hydrogen) atoms. The Bertz CT molecular complexity index is 646. The quantitative estimate of drug-likeness (QED) is 0.604. The number of benzene rings is 1. The highest BCUT2D eigenvalue weighted by molar-refractivity contribution is 5.80. The predicted octanol–water partition coefficient (Wildman–Crippen LogP) is 1.81. The lowest BCUT2D eigenvalue weighted by Crippen LogP contribution is -2.52. The molecule has 2 fully saturated rings. The fraction of sp³-hybridized carbons (Fsp3) is 0.650. The van der Waals surface area contributed by atoms with E-state index in [1.54, 1.807) is 21.3 Å². The third kappa shape index (κ3) is 4.58. The number of guanidine groups is 1. The van der Waals surface area contributed by atoms with Crippen LogP contribution in [0.3, 0.4) is 0 Å². The average molecular weight is 377 g/mol. The first-order valence-electron chi connectivity index (χ1n) is 9.59. The number of rotatable bonds is 6. The zero-order valence-electron chi connectivity index (χ0n) is 17.1. The van der Waals surface area contributed by atoms with E-state index in [1.807, 2.05) is 19.2 Å². The topological polar surface area (TPSA) is 58.6 Å². The van der Waals surface area contributed by atoms with Gasteiger partial charge in [0.05, 0.1) is 21.3 Å². The molecule has 7 nitrogen and oxygen atoms in total. The van der Waals surface area contributed by atoms with Gasteiger partial charge in [-0.25, -0.2) is 0 Å². The summed E-state index contributed by atoms with van der Waals surface area (Å²) in [6.07, 6.45) is 1.25. The van der Waals surface area contributed by atoms with E-state index >= 15 is 0 Å². The normalized spacial score (nSPS) is 23.1. The Morgan fingerprint density at radius 3 is 2.11 bits per heavy atom. The van der Waals surface area contributed by atoms with Crippen LogP contribution >= 0.6 is 0 Å². The molecule has 1 saturated heterocycles. The second-order valence-corrected chi connectivity index (χ2v) is 7.31. The van der Waals surface area contributed by atoms with Gasteiger partial charge in [-0.15, -0.1) is 0 Å². The lowest BCUT2D eigenvalue weighted by atomic mass is 10.1. The molecule has 1 aromatic rings. The van der Waals surface area contributed by atoms with Crippen molar-refractivity contribution in [2.45, 2.75) is 25.9 Å². The van der Waals surface area contributed by atoms with E-state index in [0.29, 0.717) is 23.3 Å². The highest BCUT2D eigenvalue weighted by atomic mass is 16.5. The zero-order chi connectivity index (χ0) is 19.4. The molecule has 0 amide bonds. The summed E-state index contributed by atoms with van der Waals surface area (Å²) in [5.74, 6) is 3.85. The van der Waals surface area contributed by atoms with Gasteiger partial charge in [-0.1, -0.05) is 6.92 Å². The standard InChI is InChI=1S/C20H32N4O3/c1-14-10-16(14)22-20(21-2)24-8-6-23(7-9-24)13-15-11-17(25-3)19(27-5)18(12-15)26-4/h11-12,14,16H,6-10,13H2,1-5H3,(H,21,22). The van der Waals surface area contributed by atoms with E-state index in [1.165, 1.54) is 6.42 Å². The molecular weight excluding hydrogens is 344 g/mol. The van der Waals surface area contributed by atoms with Crippen LogP contribution in [0.25, 0.3) is 0 Å². The molecule has 1 aromatic carbocycles. The van der Waals surface area contributed by atoms with E-state index in [-0.39, 0.29) is 0 Å². The molecule has 0 aromatic heterocycles. The van der Waals surface area contributed by atoms with Crippen LogP contribution in [0.15, 0.2) is 17.1 Å². The van der Waals surface area contributed by atoms with Crippen LogP contribution in [0.4, 0.5) is 0 Å². The van der Waals surface area contributed by atoms with E-state index in [4.69, 9.17) is 14.2 Å². The molecule has 1 heterocycles. The van der Waals surface area contributed by atoms with Gasteiger partial charge in [-0.2, -0.15) is 0 Å². The fourth-order valence-corrected chi connectivity index (χ4v) is 3.59. The van der Waals surface area contributed by atoms with Gasteiger partial charge in [0.15, 0.2) is 17.5 Å². The molecular formula is C20H32N4O3. The molecule has 3 rings (SSSR count). The molecule has 2 aliphatic rings. The molecule has 150 valence electrons. The van der Waals surface area contributed by atoms with Gasteiger partial charge in [-0.05, 0) is 30.0 Å². The molecule has 1 saturated carbocycles. The van der Waals surface area contributed by atoms with Gasteiger partial charge in [-0.3, -0.25) is 9.89 Å². The summed E-state index contributed by atoms with van der Waals surface area (Å²) in [6, 6.07) is 4.66. The van der Waals surface area contributed by atoms with Crippen molar-refractivity contribution in [3.63, 3.8) is 0 Å². The van der Waals surface area contributed by atoms with Crippen LogP contribution in [0.5, 0.6) is 17.2 Å². The minimum absolute atomic E-state index is 0.598. The van der Waals surface area contributed by atoms with Crippen molar-refractivity contribution in [2.24, 2.45) is 10.9 Å². The van der Waals surface area contributed by atoms with Crippen molar-refractivity contribution >= 4 is 5.96 Å². The first kappa shape index (κ1) is 19.6. The van der Waals surface area contributed by atoms with Crippen molar-refractivity contribution in [3.05, 3.63) is 17.7 Å². The summed E-state index contributed by atoms with van der Waals surface area (Å²) in [7, 11) is 6.80. The molecule has 0 bridgehead atoms. The SMILES string of the molecule is CN=C(NC1CC1C)N1CCN(Cc2cc(OC)c(OC)c(OC)c2)CC1. The monoisotopic (exact) mass is 376 g/mol. The Morgan fingerprint density at radius 1 is 1.07 bits per heavy atom. The summed E-state index contributed by atoms with van der Waals surface area (Å²) >= 11 is 0. The largest absolute Gasteiger partial charge is 0.493 e. The zero-order valence-corrected chi connectivity index (χ0v) is 17.1. The van der Waals surface area contributed by atoms with E-state index in [2.05, 4.69) is 27.0 Å². The van der Waals surface area contributed by atoms with Crippen molar-refractivity contribution in [1.82, 2.24) is 15.1 Å². The van der Waals surface area contributed by atoms with Crippen LogP contribution < -0.4 is 19.5 Å². The van der Waals surface area contributed by atoms with Crippen LogP contribution in [-0.4, -0.2) is 76.4 Å². The number of hydrogen-bond acceptors (Lipinski definition) is 5. The first-order chi connectivity index (χ1) is 13.1. The van der Waals surface area contributed by atoms with Crippen molar-refractivity contribution < 1.29 is 14.2 Å². The summed E-state index contributed by atoms with van der Waals surface area (Å²) in [5, 5.41) is 3.58. The second kappa shape index (κ2) is 8.69. The Morgan fingerprint density at radius 2 is 1.67 bits per heavy atom. The number of aliphatic imine (C=N–C) groups is 1. The van der Waals surface area contributed by atoms with Crippen molar-refractivity contribution in [1.29, 1.82) is 0 Å². The molecule has 0 radical (unpaired) electrons. The molecule has 7 heteroatoms. The first-order valence-corrected chi connectivity index (χ1v) is 9.59. The minimum atomic E-state index is 0.598. The number of nitrogens with zero attached hydrogens (tertiary/aromatic N) is 3. The van der Waals surface area contributed by atoms with Crippen molar-refractivity contribution in [2.75, 3.05) is 54.6 Å². The molecule has 1 N–H and O–H groups in total. The molecule has 1 aliphatic heterocycles. The lowest BCUT2D eigenvalue weighted by molar-refractivity contribution is 0.172. The van der Waals surface area contributed by atoms with Gasteiger partial charge in [0.25, 0.3) is 0 Å². The Hall–Kier alpha value is -2.15. The smallest absolute Gasteiger partial charge is 0.203 e. The number of methoxy groups -OCH3 is 3. The molecule has 1 aliphatic carbocycles. The summed E-state index contributed by atoms with van der Waals surface area (Å²) < 4.78 is 16.3. The maximum absolute atomic E-state index is 5.47. The van der Waals surface area contributed by atoms with Gasteiger partial charge >= 0.3 is 0 Å². The highest BCUT2D eigenvalue weighted by Gasteiger charge is 2.34. The summed E-state index contributed by atoms with van der Waals surface area (Å²) in [4.78, 5) is 9.27. The second-order valence-electron chi connectivity index (χ2n) is 7.31. The minimum Gasteiger partial charge on any atom is -0.493 e. The number of hydrogen-bond donors (Lipinski definition) is 1. The van der Waals surface area contributed by atoms with Gasteiger partial charge in [0.2, 0.25) is 5.75 Å². The lowest BCUT2D eigenvalue weighted by Gasteiger charge is -2.36. The van der Waals surface area contributed by atoms with Gasteiger partial charge < -0.3 is 24.4 Å². The number of ether oxygens (including phenoxy) is 3. The maximum atomic E-state index is 5.47. The summed E-state index contributed by atoms with van der Waals surface area (Å²) in [6.45, 7) is 7.09. The fourth-order valence-electron chi connectivity index (χ4n) is 3.59. The van der Waals surface area contributed by atoms with E-state index < -0.39 is 0 Å². The van der Waals surface area contributed by atoms with E-state index in [0.717, 1.165) is 50.2 Å². The van der Waals surface area contributed by atoms with Crippen LogP contribution in [0.1, 0.15) is 18.9 Å². The van der Waals surface area contributed by atoms with Crippen molar-refractivity contribution in [3.8, 4) is 17.2 Å². The summed E-state index contributed by atoms with van der Waals surface area (Å²) in [5.41, 5.74) is 1.16. The Labute approximate surface area is 162 Å². The predicted molar refractivity (Wildman–Crippen MR) is 107 cm³/mol. The van der Waals surface area contributed by atoms with Crippen LogP contribution in [0.2, 0.25) is 0 Å². The molecule has 0 spiro atoms. The Kier molecular flexibility index (Phi) is 6.31.